The second-order valence-corrected chi connectivity index (χ2v) is 6.44. The third-order valence-electron chi connectivity index (χ3n) is 4.75. The molecule has 0 radical (unpaired) electrons. The Balaban J connectivity index is 1.78. The van der Waals surface area contributed by atoms with Gasteiger partial charge in [0.05, 0.1) is 6.04 Å². The Labute approximate surface area is 135 Å². The average molecular weight is 307 g/mol. The summed E-state index contributed by atoms with van der Waals surface area (Å²) in [5.41, 5.74) is 3.80. The van der Waals surface area contributed by atoms with E-state index < -0.39 is 0 Å². The molecule has 2 aromatic heterocycles. The molecule has 1 aliphatic carbocycles. The maximum Gasteiger partial charge on any atom is 0.254 e. The minimum atomic E-state index is 0.280. The van der Waals surface area contributed by atoms with Gasteiger partial charge in [0, 0.05) is 11.8 Å². The third kappa shape index (κ3) is 2.56. The minimum Gasteiger partial charge on any atom is -0.363 e. The normalized spacial score (nSPS) is 21.0. The smallest absolute Gasteiger partial charge is 0.254 e. The van der Waals surface area contributed by atoms with Crippen molar-refractivity contribution in [2.24, 2.45) is 5.92 Å². The lowest BCUT2D eigenvalue weighted by molar-refractivity contribution is 0.462. The summed E-state index contributed by atoms with van der Waals surface area (Å²) in [6.45, 7) is 4.32. The highest BCUT2D eigenvalue weighted by atomic mass is 15.4. The molecular formula is C18H21N5. The number of hydrogen-bond acceptors (Lipinski definition) is 4. The van der Waals surface area contributed by atoms with Gasteiger partial charge in [-0.15, -0.1) is 0 Å². The van der Waals surface area contributed by atoms with Gasteiger partial charge in [0.2, 0.25) is 0 Å². The lowest BCUT2D eigenvalue weighted by atomic mass is 9.92. The molecule has 1 aromatic carbocycles. The van der Waals surface area contributed by atoms with E-state index in [1.54, 1.807) is 10.8 Å². The lowest BCUT2D eigenvalue weighted by Crippen LogP contribution is -2.20. The third-order valence-corrected chi connectivity index (χ3v) is 4.75. The molecule has 2 atom stereocenters. The molecule has 0 spiro atoms. The second-order valence-electron chi connectivity index (χ2n) is 6.44. The zero-order valence-corrected chi connectivity index (χ0v) is 13.5. The van der Waals surface area contributed by atoms with Crippen LogP contribution in [-0.4, -0.2) is 19.6 Å². The van der Waals surface area contributed by atoms with Crippen LogP contribution in [0.2, 0.25) is 0 Å². The van der Waals surface area contributed by atoms with E-state index >= 15 is 0 Å². The Morgan fingerprint density at radius 3 is 3.04 bits per heavy atom. The molecule has 0 bridgehead atoms. The SMILES string of the molecule is Cc1cc(NC2c3ccccc3CCCC2C)n2ncnc2n1. The van der Waals surface area contributed by atoms with Crippen LogP contribution in [0, 0.1) is 12.8 Å². The lowest BCUT2D eigenvalue weighted by Gasteiger charge is -2.26. The van der Waals surface area contributed by atoms with Gasteiger partial charge in [-0.2, -0.15) is 14.6 Å². The van der Waals surface area contributed by atoms with Crippen molar-refractivity contribution in [1.29, 1.82) is 0 Å². The van der Waals surface area contributed by atoms with Gasteiger partial charge in [0.1, 0.15) is 12.1 Å². The monoisotopic (exact) mass is 307 g/mol. The fourth-order valence-electron chi connectivity index (χ4n) is 3.57. The predicted octanol–water partition coefficient (Wildman–Crippen LogP) is 3.56. The van der Waals surface area contributed by atoms with Crippen LogP contribution in [-0.2, 0) is 6.42 Å². The Hall–Kier alpha value is -2.43. The maximum atomic E-state index is 4.42. The standard InChI is InChI=1S/C18H21N5/c1-12-6-5-8-14-7-3-4-9-15(14)17(12)22-16-10-13(2)21-18-19-11-20-23(16)18/h3-4,7,9-12,17,22H,5-6,8H2,1-2H3. The molecule has 5 nitrogen and oxygen atoms in total. The van der Waals surface area contributed by atoms with Crippen molar-refractivity contribution >= 4 is 11.6 Å². The van der Waals surface area contributed by atoms with E-state index in [4.69, 9.17) is 0 Å². The van der Waals surface area contributed by atoms with E-state index in [1.807, 2.05) is 13.0 Å². The molecule has 0 saturated carbocycles. The van der Waals surface area contributed by atoms with Gasteiger partial charge in [-0.25, -0.2) is 4.98 Å². The van der Waals surface area contributed by atoms with E-state index in [0.29, 0.717) is 11.7 Å². The van der Waals surface area contributed by atoms with Crippen LogP contribution in [0.4, 0.5) is 5.82 Å². The van der Waals surface area contributed by atoms with Crippen LogP contribution in [0.15, 0.2) is 36.7 Å². The molecular weight excluding hydrogens is 286 g/mol. The Bertz CT molecular complexity index is 838. The summed E-state index contributed by atoms with van der Waals surface area (Å²) in [6, 6.07) is 11.1. The summed E-state index contributed by atoms with van der Waals surface area (Å²) in [6.07, 6.45) is 5.17. The average Bonchev–Trinajstić information content (AvgIpc) is 2.95. The quantitative estimate of drug-likeness (QED) is 0.736. The predicted molar refractivity (Wildman–Crippen MR) is 90.4 cm³/mol. The molecule has 1 N–H and O–H groups in total. The highest BCUT2D eigenvalue weighted by Crippen LogP contribution is 2.35. The number of anilines is 1. The van der Waals surface area contributed by atoms with Crippen LogP contribution >= 0.6 is 0 Å². The molecule has 1 aliphatic rings. The second kappa shape index (κ2) is 5.65. The van der Waals surface area contributed by atoms with Crippen LogP contribution < -0.4 is 5.32 Å². The van der Waals surface area contributed by atoms with Gasteiger partial charge in [-0.3, -0.25) is 0 Å². The number of fused-ring (bicyclic) bond motifs is 2. The first kappa shape index (κ1) is 14.2. The molecule has 0 amide bonds. The topological polar surface area (TPSA) is 55.1 Å². The maximum absolute atomic E-state index is 4.42. The van der Waals surface area contributed by atoms with Crippen LogP contribution in [0.25, 0.3) is 5.78 Å². The molecule has 23 heavy (non-hydrogen) atoms. The summed E-state index contributed by atoms with van der Waals surface area (Å²) >= 11 is 0. The van der Waals surface area contributed by atoms with Crippen molar-refractivity contribution < 1.29 is 0 Å². The van der Waals surface area contributed by atoms with Crippen molar-refractivity contribution in [2.75, 3.05) is 5.32 Å². The summed E-state index contributed by atoms with van der Waals surface area (Å²) in [4.78, 5) is 8.64. The molecule has 2 unspecified atom stereocenters. The zero-order valence-electron chi connectivity index (χ0n) is 13.5. The van der Waals surface area contributed by atoms with Gasteiger partial charge >= 0.3 is 0 Å². The highest BCUT2D eigenvalue weighted by Gasteiger charge is 2.25. The molecule has 118 valence electrons. The first-order valence-corrected chi connectivity index (χ1v) is 8.24. The number of aromatic nitrogens is 4. The molecule has 5 heteroatoms. The number of aryl methyl sites for hydroxylation is 2. The van der Waals surface area contributed by atoms with Gasteiger partial charge in [0.15, 0.2) is 0 Å². The van der Waals surface area contributed by atoms with E-state index in [0.717, 1.165) is 17.9 Å². The van der Waals surface area contributed by atoms with Crippen molar-refractivity contribution in [2.45, 2.75) is 39.2 Å². The molecule has 0 saturated heterocycles. The first-order chi connectivity index (χ1) is 11.2. The molecule has 3 aromatic rings. The summed E-state index contributed by atoms with van der Waals surface area (Å²) in [5.74, 6) is 2.16. The Morgan fingerprint density at radius 1 is 1.26 bits per heavy atom. The van der Waals surface area contributed by atoms with Gasteiger partial charge in [-0.1, -0.05) is 31.2 Å². The summed E-state index contributed by atoms with van der Waals surface area (Å²) in [5, 5.41) is 8.03. The highest BCUT2D eigenvalue weighted by molar-refractivity contribution is 5.48. The Morgan fingerprint density at radius 2 is 2.13 bits per heavy atom. The largest absolute Gasteiger partial charge is 0.363 e. The van der Waals surface area contributed by atoms with Crippen LogP contribution in [0.3, 0.4) is 0 Å². The fourth-order valence-corrected chi connectivity index (χ4v) is 3.57. The van der Waals surface area contributed by atoms with Crippen molar-refractivity contribution in [3.05, 3.63) is 53.5 Å². The van der Waals surface area contributed by atoms with Crippen molar-refractivity contribution in [1.82, 2.24) is 19.6 Å². The van der Waals surface area contributed by atoms with E-state index in [1.165, 1.54) is 24.0 Å². The first-order valence-electron chi connectivity index (χ1n) is 8.24. The number of nitrogens with zero attached hydrogens (tertiary/aromatic N) is 4. The van der Waals surface area contributed by atoms with E-state index in [9.17, 15) is 0 Å². The van der Waals surface area contributed by atoms with Crippen LogP contribution in [0.1, 0.15) is 42.6 Å². The molecule has 0 aliphatic heterocycles. The minimum absolute atomic E-state index is 0.280. The van der Waals surface area contributed by atoms with Crippen molar-refractivity contribution in [3.8, 4) is 0 Å². The fraction of sp³-hybridized carbons (Fsp3) is 0.389. The van der Waals surface area contributed by atoms with Gasteiger partial charge in [-0.05, 0) is 43.2 Å². The Kier molecular flexibility index (Phi) is 3.48. The number of hydrogen-bond donors (Lipinski definition) is 1. The van der Waals surface area contributed by atoms with E-state index in [2.05, 4.69) is 51.6 Å². The summed E-state index contributed by atoms with van der Waals surface area (Å²) < 4.78 is 1.78. The molecule has 4 rings (SSSR count). The number of nitrogens with one attached hydrogen (secondary N) is 1. The zero-order chi connectivity index (χ0) is 15.8. The van der Waals surface area contributed by atoms with Gasteiger partial charge in [0.25, 0.3) is 5.78 Å². The van der Waals surface area contributed by atoms with E-state index in [-0.39, 0.29) is 6.04 Å². The molecule has 0 fully saturated rings. The van der Waals surface area contributed by atoms with Gasteiger partial charge < -0.3 is 5.32 Å². The van der Waals surface area contributed by atoms with Crippen LogP contribution in [0.5, 0.6) is 0 Å². The molecule has 2 heterocycles. The van der Waals surface area contributed by atoms with Crippen molar-refractivity contribution in [3.63, 3.8) is 0 Å². The summed E-state index contributed by atoms with van der Waals surface area (Å²) in [7, 11) is 0. The number of benzene rings is 1. The number of rotatable bonds is 2.